The molecule has 7 nitrogen and oxygen atoms in total. The molecule has 1 unspecified atom stereocenters. The van der Waals surface area contributed by atoms with Crippen LogP contribution in [0.4, 0.5) is 13.2 Å². The summed E-state index contributed by atoms with van der Waals surface area (Å²) in [6.45, 7) is 2.15. The molecule has 0 radical (unpaired) electrons. The van der Waals surface area contributed by atoms with Crippen LogP contribution < -0.4 is 0 Å². The maximum atomic E-state index is 13.5. The third-order valence-corrected chi connectivity index (χ3v) is 8.69. The number of hydrogen-bond donors (Lipinski definition) is 0. The minimum Gasteiger partial charge on any atom is -0.302 e. The Morgan fingerprint density at radius 2 is 1.87 bits per heavy atom. The van der Waals surface area contributed by atoms with Crippen molar-refractivity contribution in [1.29, 1.82) is 0 Å². The number of aromatic nitrogens is 2. The van der Waals surface area contributed by atoms with Gasteiger partial charge in [0.1, 0.15) is 0 Å². The standard InChI is InChI=1S/C19H24F3N3O4S2/c1-14-5-7-17(8-6-14)31(28,29)25-12-15(18(23-25)19(20,21)22)4-3-10-24(2)16-9-11-30(26,27)13-16/h5-8,12,16H,3-4,9-11,13H2,1-2H3. The molecule has 3 rings (SSSR count). The molecule has 2 heterocycles. The predicted molar refractivity (Wildman–Crippen MR) is 109 cm³/mol. The number of alkyl halides is 3. The van der Waals surface area contributed by atoms with E-state index < -0.39 is 31.7 Å². The molecular weight excluding hydrogens is 455 g/mol. The van der Waals surface area contributed by atoms with Crippen molar-refractivity contribution in [3.05, 3.63) is 47.3 Å². The molecule has 1 fully saturated rings. The van der Waals surface area contributed by atoms with E-state index in [1.54, 1.807) is 26.1 Å². The fourth-order valence-electron chi connectivity index (χ4n) is 3.57. The van der Waals surface area contributed by atoms with Crippen molar-refractivity contribution in [2.45, 2.75) is 43.3 Å². The first-order chi connectivity index (χ1) is 14.3. The zero-order valence-corrected chi connectivity index (χ0v) is 18.8. The summed E-state index contributed by atoms with van der Waals surface area (Å²) in [6.07, 6.45) is -3.12. The van der Waals surface area contributed by atoms with Crippen LogP contribution in [0.5, 0.6) is 0 Å². The summed E-state index contributed by atoms with van der Waals surface area (Å²) in [6, 6.07) is 5.60. The van der Waals surface area contributed by atoms with Gasteiger partial charge in [-0.05, 0) is 51.9 Å². The Labute approximate surface area is 179 Å². The number of rotatable bonds is 7. The quantitative estimate of drug-likeness (QED) is 0.606. The zero-order chi connectivity index (χ0) is 23.0. The fourth-order valence-corrected chi connectivity index (χ4v) is 6.53. The Hall–Kier alpha value is -1.92. The lowest BCUT2D eigenvalue weighted by molar-refractivity contribution is -0.141. The maximum absolute atomic E-state index is 13.5. The van der Waals surface area contributed by atoms with Crippen molar-refractivity contribution in [3.63, 3.8) is 0 Å². The van der Waals surface area contributed by atoms with Crippen molar-refractivity contribution >= 4 is 19.9 Å². The van der Waals surface area contributed by atoms with Crippen molar-refractivity contribution in [1.82, 2.24) is 14.1 Å². The molecule has 0 spiro atoms. The molecule has 0 N–H and O–H groups in total. The van der Waals surface area contributed by atoms with Crippen LogP contribution in [0.25, 0.3) is 0 Å². The Kier molecular flexibility index (Phi) is 6.55. The number of aryl methyl sites for hydroxylation is 2. The van der Waals surface area contributed by atoms with Gasteiger partial charge in [0.15, 0.2) is 15.5 Å². The molecule has 2 aromatic rings. The molecule has 1 aromatic heterocycles. The van der Waals surface area contributed by atoms with Crippen molar-refractivity contribution < 1.29 is 30.0 Å². The minimum absolute atomic E-state index is 0.0396. The van der Waals surface area contributed by atoms with Crippen molar-refractivity contribution in [2.24, 2.45) is 0 Å². The van der Waals surface area contributed by atoms with E-state index in [1.165, 1.54) is 12.1 Å². The van der Waals surface area contributed by atoms with Crippen LogP contribution in [0.2, 0.25) is 0 Å². The first-order valence-electron chi connectivity index (χ1n) is 9.68. The molecule has 1 aliphatic heterocycles. The average molecular weight is 480 g/mol. The first-order valence-corrected chi connectivity index (χ1v) is 12.9. The SMILES string of the molecule is Cc1ccc(S(=O)(=O)n2cc(CCCN(C)C3CCS(=O)(=O)C3)c(C(F)(F)F)n2)cc1. The number of sulfone groups is 1. The van der Waals surface area contributed by atoms with Crippen LogP contribution >= 0.6 is 0 Å². The lowest BCUT2D eigenvalue weighted by Gasteiger charge is -2.22. The van der Waals surface area contributed by atoms with Crippen molar-refractivity contribution in [2.75, 3.05) is 25.1 Å². The number of halogens is 3. The van der Waals surface area contributed by atoms with Gasteiger partial charge < -0.3 is 4.90 Å². The van der Waals surface area contributed by atoms with E-state index in [0.717, 1.165) is 11.8 Å². The van der Waals surface area contributed by atoms with E-state index in [9.17, 15) is 30.0 Å². The van der Waals surface area contributed by atoms with Crippen LogP contribution in [-0.2, 0) is 32.5 Å². The molecule has 172 valence electrons. The number of nitrogens with zero attached hydrogens (tertiary/aromatic N) is 3. The maximum Gasteiger partial charge on any atom is 0.435 e. The van der Waals surface area contributed by atoms with Crippen LogP contribution in [0.3, 0.4) is 0 Å². The molecule has 0 saturated carbocycles. The highest BCUT2D eigenvalue weighted by Gasteiger charge is 2.38. The van der Waals surface area contributed by atoms with E-state index in [2.05, 4.69) is 5.10 Å². The topological polar surface area (TPSA) is 89.3 Å². The minimum atomic E-state index is -4.80. The second kappa shape index (κ2) is 8.55. The summed E-state index contributed by atoms with van der Waals surface area (Å²) in [5.41, 5.74) is -0.625. The van der Waals surface area contributed by atoms with Crippen LogP contribution in [0.1, 0.15) is 29.7 Å². The smallest absolute Gasteiger partial charge is 0.302 e. The molecule has 0 bridgehead atoms. The second-order valence-corrected chi connectivity index (χ2v) is 11.9. The normalized spacial score (nSPS) is 19.2. The Balaban J connectivity index is 1.77. The highest BCUT2D eigenvalue weighted by Crippen LogP contribution is 2.32. The predicted octanol–water partition coefficient (Wildman–Crippen LogP) is 2.50. The summed E-state index contributed by atoms with van der Waals surface area (Å²) in [5.74, 6) is 0.161. The van der Waals surface area contributed by atoms with E-state index in [1.807, 2.05) is 4.90 Å². The first kappa shape index (κ1) is 23.7. The highest BCUT2D eigenvalue weighted by molar-refractivity contribution is 7.91. The molecule has 0 aliphatic carbocycles. The van der Waals surface area contributed by atoms with Gasteiger partial charge in [-0.1, -0.05) is 17.7 Å². The van der Waals surface area contributed by atoms with Crippen molar-refractivity contribution in [3.8, 4) is 0 Å². The molecule has 1 saturated heterocycles. The molecule has 1 atom stereocenters. The van der Waals surface area contributed by atoms with Gasteiger partial charge in [-0.25, -0.2) is 8.42 Å². The third kappa shape index (κ3) is 5.47. The van der Waals surface area contributed by atoms with E-state index in [0.29, 0.717) is 23.5 Å². The van der Waals surface area contributed by atoms with Gasteiger partial charge in [0.25, 0.3) is 10.0 Å². The Morgan fingerprint density at radius 3 is 2.42 bits per heavy atom. The van der Waals surface area contributed by atoms with Gasteiger partial charge in [0, 0.05) is 17.8 Å². The summed E-state index contributed by atoms with van der Waals surface area (Å²) in [5, 5.41) is 3.36. The van der Waals surface area contributed by atoms with Gasteiger partial charge in [-0.2, -0.15) is 30.8 Å². The Bertz CT molecular complexity index is 1140. The van der Waals surface area contributed by atoms with Crippen LogP contribution in [-0.4, -0.2) is 62.1 Å². The lowest BCUT2D eigenvalue weighted by atomic mass is 10.1. The second-order valence-electron chi connectivity index (χ2n) is 7.83. The lowest BCUT2D eigenvalue weighted by Crippen LogP contribution is -2.33. The molecule has 12 heteroatoms. The number of benzene rings is 1. The van der Waals surface area contributed by atoms with E-state index in [-0.39, 0.29) is 34.4 Å². The molecular formula is C19H24F3N3O4S2. The van der Waals surface area contributed by atoms with Crippen LogP contribution in [0.15, 0.2) is 35.4 Å². The molecule has 0 amide bonds. The molecule has 1 aromatic carbocycles. The molecule has 1 aliphatic rings. The van der Waals surface area contributed by atoms with E-state index >= 15 is 0 Å². The average Bonchev–Trinajstić information content (AvgIpc) is 3.25. The summed E-state index contributed by atoms with van der Waals surface area (Å²) < 4.78 is 89.5. The molecule has 31 heavy (non-hydrogen) atoms. The highest BCUT2D eigenvalue weighted by atomic mass is 32.2. The summed E-state index contributed by atoms with van der Waals surface area (Å²) in [7, 11) is -5.58. The number of hydrogen-bond acceptors (Lipinski definition) is 6. The summed E-state index contributed by atoms with van der Waals surface area (Å²) in [4.78, 5) is 1.67. The van der Waals surface area contributed by atoms with Crippen LogP contribution in [0, 0.1) is 6.92 Å². The van der Waals surface area contributed by atoms with Gasteiger partial charge in [0.2, 0.25) is 0 Å². The summed E-state index contributed by atoms with van der Waals surface area (Å²) >= 11 is 0. The zero-order valence-electron chi connectivity index (χ0n) is 17.1. The van der Waals surface area contributed by atoms with E-state index in [4.69, 9.17) is 0 Å². The monoisotopic (exact) mass is 479 g/mol. The fraction of sp³-hybridized carbons (Fsp3) is 0.526. The van der Waals surface area contributed by atoms with Gasteiger partial charge in [0.05, 0.1) is 16.4 Å². The third-order valence-electron chi connectivity index (χ3n) is 5.39. The largest absolute Gasteiger partial charge is 0.435 e. The van der Waals surface area contributed by atoms with Gasteiger partial charge >= 0.3 is 6.18 Å². The van der Waals surface area contributed by atoms with Gasteiger partial charge in [-0.3, -0.25) is 0 Å². The van der Waals surface area contributed by atoms with Gasteiger partial charge in [-0.15, -0.1) is 0 Å². The Morgan fingerprint density at radius 1 is 1.23 bits per heavy atom.